The Kier molecular flexibility index (Phi) is 3.78. The van der Waals surface area contributed by atoms with Gasteiger partial charge in [-0.3, -0.25) is 9.69 Å². The van der Waals surface area contributed by atoms with E-state index in [0.717, 1.165) is 17.6 Å². The van der Waals surface area contributed by atoms with Crippen LogP contribution in [0.25, 0.3) is 11.0 Å². The average Bonchev–Trinajstić information content (AvgIpc) is 3.40. The topological polar surface area (TPSA) is 65.1 Å². The molecule has 148 valence electrons. The molecule has 6 nitrogen and oxygen atoms in total. The van der Waals surface area contributed by atoms with Crippen molar-refractivity contribution in [3.05, 3.63) is 59.2 Å². The maximum absolute atomic E-state index is 13.6. The van der Waals surface area contributed by atoms with Crippen LogP contribution in [0.5, 0.6) is 0 Å². The fourth-order valence-corrected chi connectivity index (χ4v) is 5.90. The molecule has 4 fully saturated rings. The summed E-state index contributed by atoms with van der Waals surface area (Å²) in [5.41, 5.74) is 4.89. The molecule has 3 atom stereocenters. The van der Waals surface area contributed by atoms with Gasteiger partial charge in [0.15, 0.2) is 0 Å². The Balaban J connectivity index is 1.38. The predicted octanol–water partition coefficient (Wildman–Crippen LogP) is 2.97. The smallest absolute Gasteiger partial charge is 0.254 e. The van der Waals surface area contributed by atoms with Crippen LogP contribution in [0.15, 0.2) is 42.5 Å². The van der Waals surface area contributed by atoms with E-state index in [2.05, 4.69) is 56.4 Å². The van der Waals surface area contributed by atoms with Crippen molar-refractivity contribution in [2.45, 2.75) is 37.8 Å². The number of aromatic nitrogens is 3. The van der Waals surface area contributed by atoms with Gasteiger partial charge in [-0.15, -0.1) is 0 Å². The molecule has 7 rings (SSSR count). The number of carbonyl (C=O) groups excluding carboxylic acids is 1. The van der Waals surface area contributed by atoms with Crippen molar-refractivity contribution in [1.82, 2.24) is 25.2 Å². The maximum atomic E-state index is 13.6. The first kappa shape index (κ1) is 17.2. The number of rotatable bonds is 2. The lowest BCUT2D eigenvalue weighted by atomic mass is 9.75. The van der Waals surface area contributed by atoms with Crippen molar-refractivity contribution >= 4 is 16.9 Å². The van der Waals surface area contributed by atoms with E-state index < -0.39 is 0 Å². The van der Waals surface area contributed by atoms with E-state index >= 15 is 0 Å². The lowest BCUT2D eigenvalue weighted by Gasteiger charge is -2.51. The number of nitrogens with one attached hydrogen (secondary N) is 1. The summed E-state index contributed by atoms with van der Waals surface area (Å²) in [6.45, 7) is 5.26. The average molecular weight is 387 g/mol. The number of hydrogen-bond acceptors (Lipinski definition) is 4. The normalized spacial score (nSPS) is 30.7. The molecule has 4 saturated heterocycles. The number of fused-ring (bicyclic) bond motifs is 3. The van der Waals surface area contributed by atoms with E-state index in [4.69, 9.17) is 0 Å². The third kappa shape index (κ3) is 2.62. The summed E-state index contributed by atoms with van der Waals surface area (Å²) >= 11 is 0. The molecule has 4 aliphatic rings. The second-order valence-corrected chi connectivity index (χ2v) is 8.86. The van der Waals surface area contributed by atoms with E-state index in [-0.39, 0.29) is 5.91 Å². The number of aryl methyl sites for hydroxylation is 1. The van der Waals surface area contributed by atoms with Gasteiger partial charge >= 0.3 is 0 Å². The Bertz CT molecular complexity index is 1070. The fraction of sp³-hybridized carbons (Fsp3) is 0.435. The first-order valence-corrected chi connectivity index (χ1v) is 10.6. The highest BCUT2D eigenvalue weighted by atomic mass is 16.2. The van der Waals surface area contributed by atoms with Crippen LogP contribution < -0.4 is 0 Å². The summed E-state index contributed by atoms with van der Waals surface area (Å²) in [6, 6.07) is 15.3. The van der Waals surface area contributed by atoms with Gasteiger partial charge in [-0.25, -0.2) is 0 Å². The zero-order chi connectivity index (χ0) is 19.5. The standard InChI is InChI=1S/C23H25N5O/c1-14-2-4-15(5-3-14)18-13-28(21-16-8-10-27(11-9-16)22(18)21)23(29)17-6-7-19-20(12-17)25-26-24-19/h2-7,12,16,18,21-22H,8-11,13H2,1H3,(H,24,25,26)/t18-,21-,22-/m1/s1. The molecule has 6 heteroatoms. The minimum atomic E-state index is 0.133. The van der Waals surface area contributed by atoms with E-state index in [1.807, 2.05) is 18.2 Å². The number of piperidine rings is 3. The van der Waals surface area contributed by atoms with Crippen molar-refractivity contribution in [2.75, 3.05) is 19.6 Å². The monoisotopic (exact) mass is 387 g/mol. The van der Waals surface area contributed by atoms with E-state index in [0.29, 0.717) is 29.5 Å². The lowest BCUT2D eigenvalue weighted by Crippen LogP contribution is -2.60. The summed E-state index contributed by atoms with van der Waals surface area (Å²) in [7, 11) is 0. The van der Waals surface area contributed by atoms with Crippen LogP contribution in [0.2, 0.25) is 0 Å². The number of nitrogens with zero attached hydrogens (tertiary/aromatic N) is 4. The highest BCUT2D eigenvalue weighted by Crippen LogP contribution is 2.47. The highest BCUT2D eigenvalue weighted by molar-refractivity contribution is 5.97. The van der Waals surface area contributed by atoms with Crippen molar-refractivity contribution in [2.24, 2.45) is 5.92 Å². The first-order chi connectivity index (χ1) is 14.2. The summed E-state index contributed by atoms with van der Waals surface area (Å²) < 4.78 is 0. The predicted molar refractivity (Wildman–Crippen MR) is 111 cm³/mol. The zero-order valence-electron chi connectivity index (χ0n) is 16.6. The number of benzene rings is 2. The SMILES string of the molecule is Cc1ccc([C@H]2CN(C(=O)c3ccc4n[nH]nc4c3)[C@@H]3C4CCN(CC4)[C@H]23)cc1. The number of H-pyrrole nitrogens is 1. The molecule has 1 amide bonds. The first-order valence-electron chi connectivity index (χ1n) is 10.6. The van der Waals surface area contributed by atoms with Gasteiger partial charge in [-0.2, -0.15) is 15.4 Å². The van der Waals surface area contributed by atoms with Gasteiger partial charge in [-0.1, -0.05) is 29.8 Å². The molecular formula is C23H25N5O. The Hall–Kier alpha value is -2.73. The summed E-state index contributed by atoms with van der Waals surface area (Å²) in [6.07, 6.45) is 2.40. The third-order valence-electron chi connectivity index (χ3n) is 7.32. The minimum absolute atomic E-state index is 0.133. The second-order valence-electron chi connectivity index (χ2n) is 8.86. The molecule has 2 aromatic carbocycles. The molecule has 4 aliphatic heterocycles. The van der Waals surface area contributed by atoms with Gasteiger partial charge in [0.2, 0.25) is 0 Å². The Morgan fingerprint density at radius 2 is 1.76 bits per heavy atom. The Morgan fingerprint density at radius 3 is 2.55 bits per heavy atom. The maximum Gasteiger partial charge on any atom is 0.254 e. The number of aromatic amines is 1. The molecular weight excluding hydrogens is 362 g/mol. The lowest BCUT2D eigenvalue weighted by molar-refractivity contribution is -0.00340. The van der Waals surface area contributed by atoms with Crippen molar-refractivity contribution in [1.29, 1.82) is 0 Å². The highest BCUT2D eigenvalue weighted by Gasteiger charge is 2.54. The summed E-state index contributed by atoms with van der Waals surface area (Å²) in [5.74, 6) is 1.12. The summed E-state index contributed by atoms with van der Waals surface area (Å²) in [4.78, 5) is 18.4. The largest absolute Gasteiger partial charge is 0.333 e. The van der Waals surface area contributed by atoms with Crippen LogP contribution in [0.1, 0.15) is 40.2 Å². The van der Waals surface area contributed by atoms with E-state index in [1.54, 1.807) is 0 Å². The van der Waals surface area contributed by atoms with Crippen LogP contribution in [-0.4, -0.2) is 62.8 Å². The fourth-order valence-electron chi connectivity index (χ4n) is 5.90. The van der Waals surface area contributed by atoms with Crippen LogP contribution in [0, 0.1) is 12.8 Å². The number of carbonyl (C=O) groups is 1. The van der Waals surface area contributed by atoms with Gasteiger partial charge in [0.25, 0.3) is 5.91 Å². The third-order valence-corrected chi connectivity index (χ3v) is 7.32. The molecule has 0 saturated carbocycles. The Morgan fingerprint density at radius 1 is 1.00 bits per heavy atom. The number of likely N-dealkylation sites (tertiary alicyclic amines) is 1. The molecule has 5 heterocycles. The molecule has 2 bridgehead atoms. The van der Waals surface area contributed by atoms with Crippen LogP contribution in [0.4, 0.5) is 0 Å². The van der Waals surface area contributed by atoms with Gasteiger partial charge in [0.05, 0.1) is 6.04 Å². The van der Waals surface area contributed by atoms with E-state index in [9.17, 15) is 4.79 Å². The molecule has 1 aromatic heterocycles. The molecule has 0 spiro atoms. The number of amides is 1. The molecule has 0 radical (unpaired) electrons. The molecule has 0 unspecified atom stereocenters. The van der Waals surface area contributed by atoms with Gasteiger partial charge in [-0.05, 0) is 62.5 Å². The molecule has 3 aromatic rings. The van der Waals surface area contributed by atoms with Crippen molar-refractivity contribution in [3.63, 3.8) is 0 Å². The van der Waals surface area contributed by atoms with Gasteiger partial charge in [0.1, 0.15) is 11.0 Å². The van der Waals surface area contributed by atoms with Crippen molar-refractivity contribution < 1.29 is 4.79 Å². The minimum Gasteiger partial charge on any atom is -0.333 e. The van der Waals surface area contributed by atoms with Crippen molar-refractivity contribution in [3.8, 4) is 0 Å². The second kappa shape index (κ2) is 6.39. The quantitative estimate of drug-likeness (QED) is 0.734. The van der Waals surface area contributed by atoms with Gasteiger partial charge < -0.3 is 4.90 Å². The Labute approximate surface area is 169 Å². The van der Waals surface area contributed by atoms with E-state index in [1.165, 1.54) is 37.1 Å². The zero-order valence-corrected chi connectivity index (χ0v) is 16.6. The van der Waals surface area contributed by atoms with Crippen LogP contribution in [0.3, 0.4) is 0 Å². The van der Waals surface area contributed by atoms with Crippen LogP contribution >= 0.6 is 0 Å². The van der Waals surface area contributed by atoms with Gasteiger partial charge in [0, 0.05) is 24.1 Å². The number of hydrogen-bond donors (Lipinski definition) is 1. The molecule has 1 N–H and O–H groups in total. The summed E-state index contributed by atoms with van der Waals surface area (Å²) in [5, 5.41) is 10.9. The van der Waals surface area contributed by atoms with Crippen LogP contribution in [-0.2, 0) is 0 Å². The molecule has 0 aliphatic carbocycles. The molecule has 29 heavy (non-hydrogen) atoms.